The van der Waals surface area contributed by atoms with Crippen LogP contribution in [-0.2, 0) is 17.8 Å². The molecule has 1 aromatic heterocycles. The molecule has 3 rings (SSSR count). The predicted molar refractivity (Wildman–Crippen MR) is 109 cm³/mol. The summed E-state index contributed by atoms with van der Waals surface area (Å²) in [6.45, 7) is 2.38. The van der Waals surface area contributed by atoms with Gasteiger partial charge in [0.2, 0.25) is 5.91 Å². The number of halogens is 1. The number of hydrogen-bond acceptors (Lipinski definition) is 3. The number of anilines is 1. The Morgan fingerprint density at radius 3 is 2.46 bits per heavy atom. The number of benzene rings is 2. The van der Waals surface area contributed by atoms with Crippen LogP contribution in [0.4, 0.5) is 5.69 Å². The number of hydrogen-bond donors (Lipinski definition) is 2. The second-order valence-electron chi connectivity index (χ2n) is 6.49. The average molecular weight is 397 g/mol. The number of furan rings is 1. The molecule has 2 amide bonds. The van der Waals surface area contributed by atoms with Crippen molar-refractivity contribution in [3.8, 4) is 0 Å². The lowest BCUT2D eigenvalue weighted by Crippen LogP contribution is -2.23. The largest absolute Gasteiger partial charge is 0.459 e. The molecule has 0 saturated carbocycles. The van der Waals surface area contributed by atoms with Gasteiger partial charge in [-0.15, -0.1) is 0 Å². The summed E-state index contributed by atoms with van der Waals surface area (Å²) in [5.74, 6) is -0.0691. The van der Waals surface area contributed by atoms with E-state index in [0.29, 0.717) is 25.1 Å². The van der Waals surface area contributed by atoms with Gasteiger partial charge < -0.3 is 15.1 Å². The number of aryl methyl sites for hydroxylation is 2. The van der Waals surface area contributed by atoms with Crippen molar-refractivity contribution in [1.82, 2.24) is 5.32 Å². The maximum absolute atomic E-state index is 12.1. The van der Waals surface area contributed by atoms with Crippen LogP contribution < -0.4 is 10.6 Å². The maximum Gasteiger partial charge on any atom is 0.291 e. The summed E-state index contributed by atoms with van der Waals surface area (Å²) in [5, 5.41) is 6.38. The fourth-order valence-corrected chi connectivity index (χ4v) is 2.85. The van der Waals surface area contributed by atoms with E-state index < -0.39 is 0 Å². The van der Waals surface area contributed by atoms with Crippen molar-refractivity contribution in [2.24, 2.45) is 0 Å². The molecular weight excluding hydrogens is 376 g/mol. The zero-order chi connectivity index (χ0) is 19.9. The molecule has 5 nitrogen and oxygen atoms in total. The van der Waals surface area contributed by atoms with Crippen molar-refractivity contribution in [1.29, 1.82) is 0 Å². The Bertz CT molecular complexity index is 950. The van der Waals surface area contributed by atoms with Gasteiger partial charge in [0.05, 0.1) is 6.26 Å². The molecule has 0 aliphatic rings. The Labute approximate surface area is 168 Å². The van der Waals surface area contributed by atoms with Crippen molar-refractivity contribution in [2.75, 3.05) is 5.32 Å². The second kappa shape index (κ2) is 9.24. The van der Waals surface area contributed by atoms with Gasteiger partial charge >= 0.3 is 0 Å². The topological polar surface area (TPSA) is 71.3 Å². The van der Waals surface area contributed by atoms with E-state index in [4.69, 9.17) is 16.0 Å². The number of carbonyl (C=O) groups excluding carboxylic acids is 2. The minimum atomic E-state index is -0.303. The lowest BCUT2D eigenvalue weighted by molar-refractivity contribution is -0.121. The van der Waals surface area contributed by atoms with Crippen molar-refractivity contribution >= 4 is 29.1 Å². The SMILES string of the molecule is Cc1ccc(CCC(=O)NCc2ccc(NC(=O)c3ccco3)cc2)cc1Cl. The van der Waals surface area contributed by atoms with Crippen LogP contribution in [0.15, 0.2) is 65.3 Å². The first-order chi connectivity index (χ1) is 13.5. The number of rotatable bonds is 7. The molecule has 0 spiro atoms. The normalized spacial score (nSPS) is 10.5. The number of amides is 2. The molecular formula is C22H21ClN2O3. The van der Waals surface area contributed by atoms with Gasteiger partial charge in [-0.25, -0.2) is 0 Å². The molecule has 2 aromatic carbocycles. The van der Waals surface area contributed by atoms with Crippen LogP contribution in [0.3, 0.4) is 0 Å². The minimum absolute atomic E-state index is 0.0214. The van der Waals surface area contributed by atoms with E-state index in [9.17, 15) is 9.59 Å². The van der Waals surface area contributed by atoms with Crippen molar-refractivity contribution in [3.63, 3.8) is 0 Å². The standard InChI is InChI=1S/C22H21ClN2O3/c1-15-4-5-16(13-19(15)23)8-11-21(26)24-14-17-6-9-18(10-7-17)25-22(27)20-3-2-12-28-20/h2-7,9-10,12-13H,8,11,14H2,1H3,(H,24,26)(H,25,27). The van der Waals surface area contributed by atoms with E-state index in [1.54, 1.807) is 24.3 Å². The Balaban J connectivity index is 1.44. The zero-order valence-electron chi connectivity index (χ0n) is 15.5. The number of carbonyl (C=O) groups is 2. The first-order valence-electron chi connectivity index (χ1n) is 8.97. The Hall–Kier alpha value is -3.05. The highest BCUT2D eigenvalue weighted by molar-refractivity contribution is 6.31. The van der Waals surface area contributed by atoms with Gasteiger partial charge in [-0.3, -0.25) is 9.59 Å². The zero-order valence-corrected chi connectivity index (χ0v) is 16.3. The van der Waals surface area contributed by atoms with Gasteiger partial charge in [0.25, 0.3) is 5.91 Å². The molecule has 3 aromatic rings. The van der Waals surface area contributed by atoms with Crippen LogP contribution in [0.1, 0.15) is 33.7 Å². The first-order valence-corrected chi connectivity index (χ1v) is 9.34. The summed E-state index contributed by atoms with van der Waals surface area (Å²) < 4.78 is 5.06. The first kappa shape index (κ1) is 19.7. The summed E-state index contributed by atoms with van der Waals surface area (Å²) in [7, 11) is 0. The van der Waals surface area contributed by atoms with E-state index in [2.05, 4.69) is 10.6 Å². The highest BCUT2D eigenvalue weighted by Crippen LogP contribution is 2.17. The lowest BCUT2D eigenvalue weighted by Gasteiger charge is -2.08. The summed E-state index contributed by atoms with van der Waals surface area (Å²) >= 11 is 6.11. The van der Waals surface area contributed by atoms with E-state index in [-0.39, 0.29) is 17.6 Å². The Morgan fingerprint density at radius 2 is 1.79 bits per heavy atom. The molecule has 0 saturated heterocycles. The fourth-order valence-electron chi connectivity index (χ4n) is 2.65. The summed E-state index contributed by atoms with van der Waals surface area (Å²) in [5.41, 5.74) is 3.68. The van der Waals surface area contributed by atoms with Gasteiger partial charge in [-0.2, -0.15) is 0 Å². The average Bonchev–Trinajstić information content (AvgIpc) is 3.23. The Kier molecular flexibility index (Phi) is 6.50. The third-order valence-corrected chi connectivity index (χ3v) is 4.73. The predicted octanol–water partition coefficient (Wildman–Crippen LogP) is 4.74. The van der Waals surface area contributed by atoms with Crippen LogP contribution in [0.25, 0.3) is 0 Å². The van der Waals surface area contributed by atoms with Crippen molar-refractivity contribution in [2.45, 2.75) is 26.3 Å². The van der Waals surface area contributed by atoms with E-state index in [1.165, 1.54) is 6.26 Å². The Morgan fingerprint density at radius 1 is 1.04 bits per heavy atom. The van der Waals surface area contributed by atoms with Gasteiger partial charge in [-0.1, -0.05) is 35.9 Å². The molecule has 28 heavy (non-hydrogen) atoms. The highest BCUT2D eigenvalue weighted by atomic mass is 35.5. The van der Waals surface area contributed by atoms with Crippen molar-refractivity contribution in [3.05, 3.63) is 88.3 Å². The van der Waals surface area contributed by atoms with Crippen LogP contribution in [0.5, 0.6) is 0 Å². The fraction of sp³-hybridized carbons (Fsp3) is 0.182. The highest BCUT2D eigenvalue weighted by Gasteiger charge is 2.09. The molecule has 0 unspecified atom stereocenters. The van der Waals surface area contributed by atoms with Crippen LogP contribution in [0, 0.1) is 6.92 Å². The van der Waals surface area contributed by atoms with Gasteiger partial charge in [0.1, 0.15) is 0 Å². The summed E-state index contributed by atoms with van der Waals surface area (Å²) in [6, 6.07) is 16.4. The molecule has 0 bridgehead atoms. The molecule has 0 atom stereocenters. The molecule has 1 heterocycles. The third-order valence-electron chi connectivity index (χ3n) is 4.32. The smallest absolute Gasteiger partial charge is 0.291 e. The molecule has 0 fully saturated rings. The second-order valence-corrected chi connectivity index (χ2v) is 6.90. The van der Waals surface area contributed by atoms with Crippen LogP contribution in [0.2, 0.25) is 5.02 Å². The summed E-state index contributed by atoms with van der Waals surface area (Å²) in [4.78, 5) is 24.0. The van der Waals surface area contributed by atoms with E-state index in [1.807, 2.05) is 37.3 Å². The molecule has 0 radical (unpaired) electrons. The molecule has 2 N–H and O–H groups in total. The van der Waals surface area contributed by atoms with Crippen molar-refractivity contribution < 1.29 is 14.0 Å². The minimum Gasteiger partial charge on any atom is -0.459 e. The van der Waals surface area contributed by atoms with Crippen LogP contribution >= 0.6 is 11.6 Å². The van der Waals surface area contributed by atoms with Gasteiger partial charge in [0.15, 0.2) is 5.76 Å². The summed E-state index contributed by atoms with van der Waals surface area (Å²) in [6.07, 6.45) is 2.49. The van der Waals surface area contributed by atoms with Gasteiger partial charge in [-0.05, 0) is 60.4 Å². The maximum atomic E-state index is 12.1. The third kappa shape index (κ3) is 5.47. The molecule has 0 aliphatic carbocycles. The monoisotopic (exact) mass is 396 g/mol. The molecule has 144 valence electrons. The number of nitrogens with one attached hydrogen (secondary N) is 2. The lowest BCUT2D eigenvalue weighted by atomic mass is 10.1. The van der Waals surface area contributed by atoms with E-state index >= 15 is 0 Å². The molecule has 6 heteroatoms. The molecule has 0 aliphatic heterocycles. The van der Waals surface area contributed by atoms with E-state index in [0.717, 1.165) is 21.7 Å². The quantitative estimate of drug-likeness (QED) is 0.605. The van der Waals surface area contributed by atoms with Crippen LogP contribution in [-0.4, -0.2) is 11.8 Å². The van der Waals surface area contributed by atoms with Gasteiger partial charge in [0, 0.05) is 23.7 Å².